The van der Waals surface area contributed by atoms with Crippen molar-refractivity contribution in [3.63, 3.8) is 0 Å². The summed E-state index contributed by atoms with van der Waals surface area (Å²) < 4.78 is 1.83. The van der Waals surface area contributed by atoms with Gasteiger partial charge in [0.05, 0.1) is 11.7 Å². The maximum Gasteiger partial charge on any atom is 0.223 e. The number of hydrogen-bond donors (Lipinski definition) is 1. The van der Waals surface area contributed by atoms with Gasteiger partial charge in [-0.1, -0.05) is 13.8 Å². The number of hydrogen-bond acceptors (Lipinski definition) is 3. The van der Waals surface area contributed by atoms with Crippen LogP contribution in [0.15, 0.2) is 12.3 Å². The molecule has 1 amide bonds. The fourth-order valence-electron chi connectivity index (χ4n) is 2.84. The maximum atomic E-state index is 12.4. The van der Waals surface area contributed by atoms with Crippen LogP contribution < -0.4 is 5.73 Å². The zero-order valence-electron chi connectivity index (χ0n) is 12.0. The largest absolute Gasteiger partial charge is 0.332 e. The van der Waals surface area contributed by atoms with E-state index in [0.29, 0.717) is 12.3 Å². The smallest absolute Gasteiger partial charge is 0.223 e. The molecule has 2 rings (SSSR count). The molecule has 2 N–H and O–H groups in total. The predicted molar refractivity (Wildman–Crippen MR) is 74.3 cm³/mol. The van der Waals surface area contributed by atoms with Gasteiger partial charge >= 0.3 is 0 Å². The number of carbonyl (C=O) groups is 1. The van der Waals surface area contributed by atoms with Crippen molar-refractivity contribution in [1.29, 1.82) is 0 Å². The molecule has 1 aliphatic heterocycles. The molecule has 19 heavy (non-hydrogen) atoms. The number of likely N-dealkylation sites (tertiary alicyclic amines) is 1. The van der Waals surface area contributed by atoms with Crippen LogP contribution in [0, 0.1) is 5.92 Å². The third kappa shape index (κ3) is 2.97. The molecule has 0 bridgehead atoms. The molecule has 2 heterocycles. The monoisotopic (exact) mass is 264 g/mol. The number of carbonyl (C=O) groups excluding carboxylic acids is 1. The van der Waals surface area contributed by atoms with Crippen molar-refractivity contribution >= 4 is 5.91 Å². The van der Waals surface area contributed by atoms with E-state index in [0.717, 1.165) is 25.1 Å². The fraction of sp³-hybridized carbons (Fsp3) is 0.714. The lowest BCUT2D eigenvalue weighted by Gasteiger charge is -2.34. The molecule has 2 unspecified atom stereocenters. The van der Waals surface area contributed by atoms with Crippen LogP contribution in [0.2, 0.25) is 0 Å². The zero-order valence-corrected chi connectivity index (χ0v) is 12.0. The molecule has 0 aromatic carbocycles. The first-order valence-corrected chi connectivity index (χ1v) is 7.03. The average Bonchev–Trinajstić information content (AvgIpc) is 2.68. The zero-order chi connectivity index (χ0) is 14.0. The highest BCUT2D eigenvalue weighted by Gasteiger charge is 2.34. The van der Waals surface area contributed by atoms with Gasteiger partial charge in [0.15, 0.2) is 0 Å². The molecule has 1 fully saturated rings. The standard InChI is InChI=1S/C14H24N4O/c1-10(2)9-18-13(19)6-4-5-11(15)14(18)12-7-8-16-17(12)3/h7-8,10-11,14H,4-6,9,15H2,1-3H3. The number of aryl methyl sites for hydroxylation is 1. The Bertz CT molecular complexity index is 440. The van der Waals surface area contributed by atoms with Crippen LogP contribution in [0.3, 0.4) is 0 Å². The molecule has 0 aliphatic carbocycles. The quantitative estimate of drug-likeness (QED) is 0.899. The lowest BCUT2D eigenvalue weighted by atomic mass is 10.00. The Kier molecular flexibility index (Phi) is 4.24. The predicted octanol–water partition coefficient (Wildman–Crippen LogP) is 1.46. The Hall–Kier alpha value is -1.36. The van der Waals surface area contributed by atoms with E-state index in [4.69, 9.17) is 5.73 Å². The summed E-state index contributed by atoms with van der Waals surface area (Å²) in [5.74, 6) is 0.651. The van der Waals surface area contributed by atoms with Crippen LogP contribution in [-0.2, 0) is 11.8 Å². The van der Waals surface area contributed by atoms with E-state index in [-0.39, 0.29) is 18.0 Å². The molecule has 5 heteroatoms. The van der Waals surface area contributed by atoms with Crippen molar-refractivity contribution in [3.05, 3.63) is 18.0 Å². The highest BCUT2D eigenvalue weighted by molar-refractivity contribution is 5.77. The number of amides is 1. The van der Waals surface area contributed by atoms with Crippen LogP contribution in [0.4, 0.5) is 0 Å². The lowest BCUT2D eigenvalue weighted by molar-refractivity contribution is -0.134. The van der Waals surface area contributed by atoms with Gasteiger partial charge in [0.1, 0.15) is 0 Å². The van der Waals surface area contributed by atoms with E-state index in [1.165, 1.54) is 0 Å². The van der Waals surface area contributed by atoms with E-state index in [9.17, 15) is 4.79 Å². The second-order valence-electron chi connectivity index (χ2n) is 5.82. The Morgan fingerprint density at radius 1 is 1.53 bits per heavy atom. The summed E-state index contributed by atoms with van der Waals surface area (Å²) in [6.07, 6.45) is 4.14. The van der Waals surface area contributed by atoms with Gasteiger partial charge in [0.2, 0.25) is 5.91 Å². The Labute approximate surface area is 114 Å². The summed E-state index contributed by atoms with van der Waals surface area (Å²) in [5, 5.41) is 4.22. The van der Waals surface area contributed by atoms with Gasteiger partial charge in [-0.3, -0.25) is 9.48 Å². The second-order valence-corrected chi connectivity index (χ2v) is 5.82. The van der Waals surface area contributed by atoms with Crippen molar-refractivity contribution in [2.45, 2.75) is 45.2 Å². The van der Waals surface area contributed by atoms with Crippen LogP contribution in [0.1, 0.15) is 44.8 Å². The topological polar surface area (TPSA) is 64.2 Å². The maximum absolute atomic E-state index is 12.4. The van der Waals surface area contributed by atoms with Gasteiger partial charge in [-0.2, -0.15) is 5.10 Å². The molecular formula is C14H24N4O. The minimum absolute atomic E-state index is 0.0133. The third-order valence-corrected chi connectivity index (χ3v) is 3.71. The Morgan fingerprint density at radius 2 is 2.26 bits per heavy atom. The highest BCUT2D eigenvalue weighted by atomic mass is 16.2. The molecule has 1 aromatic heterocycles. The summed E-state index contributed by atoms with van der Waals surface area (Å²) >= 11 is 0. The van der Waals surface area contributed by atoms with E-state index < -0.39 is 0 Å². The number of aromatic nitrogens is 2. The second kappa shape index (κ2) is 5.74. The van der Waals surface area contributed by atoms with Crippen molar-refractivity contribution in [1.82, 2.24) is 14.7 Å². The first-order valence-electron chi connectivity index (χ1n) is 7.03. The summed E-state index contributed by atoms with van der Waals surface area (Å²) in [4.78, 5) is 14.3. The molecule has 1 aromatic rings. The third-order valence-electron chi connectivity index (χ3n) is 3.71. The van der Waals surface area contributed by atoms with Crippen molar-refractivity contribution in [2.24, 2.45) is 18.7 Å². The first kappa shape index (κ1) is 14.1. The molecular weight excluding hydrogens is 240 g/mol. The Morgan fingerprint density at radius 3 is 2.84 bits per heavy atom. The van der Waals surface area contributed by atoms with E-state index in [1.54, 1.807) is 6.20 Å². The first-order chi connectivity index (χ1) is 9.00. The number of nitrogens with two attached hydrogens (primary N) is 1. The highest BCUT2D eigenvalue weighted by Crippen LogP contribution is 2.30. The van der Waals surface area contributed by atoms with Crippen molar-refractivity contribution < 1.29 is 4.79 Å². The molecule has 106 valence electrons. The number of rotatable bonds is 3. The minimum atomic E-state index is -0.0510. The van der Waals surface area contributed by atoms with Crippen LogP contribution in [-0.4, -0.2) is 33.2 Å². The summed E-state index contributed by atoms with van der Waals surface area (Å²) in [7, 11) is 1.91. The van der Waals surface area contributed by atoms with Gasteiger partial charge in [-0.25, -0.2) is 0 Å². The van der Waals surface area contributed by atoms with Crippen LogP contribution in [0.5, 0.6) is 0 Å². The molecule has 1 saturated heterocycles. The van der Waals surface area contributed by atoms with Crippen LogP contribution in [0.25, 0.3) is 0 Å². The number of nitrogens with zero attached hydrogens (tertiary/aromatic N) is 3. The summed E-state index contributed by atoms with van der Waals surface area (Å²) in [6.45, 7) is 5.01. The molecule has 2 atom stereocenters. The van der Waals surface area contributed by atoms with Gasteiger partial charge in [0.25, 0.3) is 0 Å². The summed E-state index contributed by atoms with van der Waals surface area (Å²) in [6, 6.07) is 1.90. The van der Waals surface area contributed by atoms with Crippen LogP contribution >= 0.6 is 0 Å². The van der Waals surface area contributed by atoms with E-state index in [2.05, 4.69) is 18.9 Å². The Balaban J connectivity index is 2.36. The van der Waals surface area contributed by atoms with E-state index >= 15 is 0 Å². The lowest BCUT2D eigenvalue weighted by Crippen LogP contribution is -2.44. The van der Waals surface area contributed by atoms with E-state index in [1.807, 2.05) is 22.7 Å². The normalized spacial score (nSPS) is 24.9. The SMILES string of the molecule is CC(C)CN1C(=O)CCCC(N)C1c1ccnn1C. The molecule has 0 saturated carbocycles. The van der Waals surface area contributed by atoms with Gasteiger partial charge in [-0.05, 0) is 24.8 Å². The molecule has 5 nitrogen and oxygen atoms in total. The van der Waals surface area contributed by atoms with Gasteiger partial charge < -0.3 is 10.6 Å². The minimum Gasteiger partial charge on any atom is -0.332 e. The molecule has 0 radical (unpaired) electrons. The summed E-state index contributed by atoms with van der Waals surface area (Å²) in [5.41, 5.74) is 7.36. The molecule has 0 spiro atoms. The van der Waals surface area contributed by atoms with Gasteiger partial charge in [0, 0.05) is 32.3 Å². The molecule has 1 aliphatic rings. The fourth-order valence-corrected chi connectivity index (χ4v) is 2.84. The van der Waals surface area contributed by atoms with Crippen molar-refractivity contribution in [2.75, 3.05) is 6.54 Å². The van der Waals surface area contributed by atoms with Gasteiger partial charge in [-0.15, -0.1) is 0 Å². The average molecular weight is 264 g/mol. The van der Waals surface area contributed by atoms with Crippen molar-refractivity contribution in [3.8, 4) is 0 Å².